The quantitative estimate of drug-likeness (QED) is 0.799. The van der Waals surface area contributed by atoms with Crippen LogP contribution in [0.1, 0.15) is 37.2 Å². The number of rotatable bonds is 5. The third-order valence-corrected chi connectivity index (χ3v) is 2.96. The van der Waals surface area contributed by atoms with E-state index in [1.54, 1.807) is 16.8 Å². The van der Waals surface area contributed by atoms with E-state index in [9.17, 15) is 4.79 Å². The monoisotopic (exact) mass is 223 g/mol. The SMILES string of the molecule is CCC(CC)CNC(=O)c1cc(N)cn1C. The van der Waals surface area contributed by atoms with Gasteiger partial charge in [-0.3, -0.25) is 4.79 Å². The molecule has 0 saturated heterocycles. The van der Waals surface area contributed by atoms with Crippen LogP contribution in [0.2, 0.25) is 0 Å². The average Bonchev–Trinajstić information content (AvgIpc) is 2.59. The van der Waals surface area contributed by atoms with Gasteiger partial charge in [0.25, 0.3) is 5.91 Å². The molecule has 0 fully saturated rings. The molecule has 16 heavy (non-hydrogen) atoms. The van der Waals surface area contributed by atoms with Gasteiger partial charge in [-0.05, 0) is 12.0 Å². The number of nitrogens with zero attached hydrogens (tertiary/aromatic N) is 1. The molecule has 3 N–H and O–H groups in total. The number of carbonyl (C=O) groups is 1. The lowest BCUT2D eigenvalue weighted by atomic mass is 10.0. The van der Waals surface area contributed by atoms with Gasteiger partial charge in [0.15, 0.2) is 0 Å². The Morgan fingerprint density at radius 3 is 2.56 bits per heavy atom. The Bertz CT molecular complexity index is 353. The van der Waals surface area contributed by atoms with Gasteiger partial charge in [0, 0.05) is 19.8 Å². The first kappa shape index (κ1) is 12.6. The van der Waals surface area contributed by atoms with Crippen LogP contribution in [-0.4, -0.2) is 17.0 Å². The predicted octanol–water partition coefficient (Wildman–Crippen LogP) is 1.77. The van der Waals surface area contributed by atoms with Crippen molar-refractivity contribution in [2.75, 3.05) is 12.3 Å². The standard InChI is InChI=1S/C12H21N3O/c1-4-9(5-2)7-14-12(16)11-6-10(13)8-15(11)3/h6,8-9H,4-5,7,13H2,1-3H3,(H,14,16). The zero-order valence-corrected chi connectivity index (χ0v) is 10.3. The number of nitrogen functional groups attached to an aromatic ring is 1. The number of aromatic nitrogens is 1. The maximum atomic E-state index is 11.8. The van der Waals surface area contributed by atoms with Crippen molar-refractivity contribution in [1.29, 1.82) is 0 Å². The summed E-state index contributed by atoms with van der Waals surface area (Å²) in [5, 5.41) is 2.94. The summed E-state index contributed by atoms with van der Waals surface area (Å²) >= 11 is 0. The van der Waals surface area contributed by atoms with Crippen LogP contribution in [0.4, 0.5) is 5.69 Å². The molecule has 1 rings (SSSR count). The molecule has 1 amide bonds. The van der Waals surface area contributed by atoms with Crippen molar-refractivity contribution in [1.82, 2.24) is 9.88 Å². The maximum absolute atomic E-state index is 11.8. The molecule has 0 aromatic carbocycles. The Labute approximate surface area is 96.8 Å². The minimum atomic E-state index is -0.0499. The molecule has 1 aromatic rings. The van der Waals surface area contributed by atoms with Gasteiger partial charge in [0.1, 0.15) is 5.69 Å². The first-order valence-corrected chi connectivity index (χ1v) is 5.78. The van der Waals surface area contributed by atoms with E-state index in [0.29, 0.717) is 17.3 Å². The molecular weight excluding hydrogens is 202 g/mol. The zero-order valence-electron chi connectivity index (χ0n) is 10.3. The van der Waals surface area contributed by atoms with E-state index >= 15 is 0 Å². The average molecular weight is 223 g/mol. The number of carbonyl (C=O) groups excluding carboxylic acids is 1. The molecule has 4 nitrogen and oxygen atoms in total. The fraction of sp³-hybridized carbons (Fsp3) is 0.583. The van der Waals surface area contributed by atoms with E-state index in [1.807, 2.05) is 7.05 Å². The fourth-order valence-electron chi connectivity index (χ4n) is 1.72. The van der Waals surface area contributed by atoms with Gasteiger partial charge in [-0.1, -0.05) is 26.7 Å². The molecular formula is C12H21N3O. The summed E-state index contributed by atoms with van der Waals surface area (Å²) in [7, 11) is 1.82. The Balaban J connectivity index is 2.56. The molecule has 90 valence electrons. The first-order valence-electron chi connectivity index (χ1n) is 5.78. The molecule has 0 unspecified atom stereocenters. The number of amides is 1. The number of hydrogen-bond acceptors (Lipinski definition) is 2. The summed E-state index contributed by atoms with van der Waals surface area (Å²) < 4.78 is 1.75. The molecule has 0 saturated carbocycles. The number of nitrogens with two attached hydrogens (primary N) is 1. The summed E-state index contributed by atoms with van der Waals surface area (Å²) in [6.45, 7) is 5.01. The highest BCUT2D eigenvalue weighted by molar-refractivity contribution is 5.93. The van der Waals surface area contributed by atoms with E-state index in [4.69, 9.17) is 5.73 Å². The van der Waals surface area contributed by atoms with E-state index in [1.165, 1.54) is 0 Å². The molecule has 0 aliphatic carbocycles. The van der Waals surface area contributed by atoms with Crippen LogP contribution in [0.3, 0.4) is 0 Å². The number of hydrogen-bond donors (Lipinski definition) is 2. The highest BCUT2D eigenvalue weighted by atomic mass is 16.1. The number of nitrogens with one attached hydrogen (secondary N) is 1. The molecule has 0 radical (unpaired) electrons. The second-order valence-corrected chi connectivity index (χ2v) is 4.16. The van der Waals surface area contributed by atoms with Crippen LogP contribution in [0.5, 0.6) is 0 Å². The fourth-order valence-corrected chi connectivity index (χ4v) is 1.72. The Hall–Kier alpha value is -1.45. The lowest BCUT2D eigenvalue weighted by molar-refractivity contribution is 0.0938. The minimum Gasteiger partial charge on any atom is -0.397 e. The maximum Gasteiger partial charge on any atom is 0.267 e. The molecule has 1 aromatic heterocycles. The Kier molecular flexibility index (Phi) is 4.40. The van der Waals surface area contributed by atoms with Gasteiger partial charge in [0.2, 0.25) is 0 Å². The number of aryl methyl sites for hydroxylation is 1. The van der Waals surface area contributed by atoms with Gasteiger partial charge < -0.3 is 15.6 Å². The van der Waals surface area contributed by atoms with E-state index < -0.39 is 0 Å². The van der Waals surface area contributed by atoms with Crippen molar-refractivity contribution in [3.63, 3.8) is 0 Å². The summed E-state index contributed by atoms with van der Waals surface area (Å²) in [5.41, 5.74) is 6.86. The lowest BCUT2D eigenvalue weighted by Gasteiger charge is -2.13. The second kappa shape index (κ2) is 5.58. The van der Waals surface area contributed by atoms with Crippen LogP contribution < -0.4 is 11.1 Å². The normalized spacial score (nSPS) is 10.8. The van der Waals surface area contributed by atoms with Crippen LogP contribution >= 0.6 is 0 Å². The van der Waals surface area contributed by atoms with Gasteiger partial charge in [-0.25, -0.2) is 0 Å². The number of anilines is 1. The topological polar surface area (TPSA) is 60.1 Å². The van der Waals surface area contributed by atoms with Crippen molar-refractivity contribution >= 4 is 11.6 Å². The largest absolute Gasteiger partial charge is 0.397 e. The highest BCUT2D eigenvalue weighted by Gasteiger charge is 2.12. The molecule has 0 aliphatic heterocycles. The van der Waals surface area contributed by atoms with Gasteiger partial charge in [-0.15, -0.1) is 0 Å². The molecule has 0 aliphatic rings. The molecule has 1 heterocycles. The van der Waals surface area contributed by atoms with E-state index in [0.717, 1.165) is 19.4 Å². The van der Waals surface area contributed by atoms with Crippen LogP contribution in [-0.2, 0) is 7.05 Å². The Morgan fingerprint density at radius 2 is 2.12 bits per heavy atom. The second-order valence-electron chi connectivity index (χ2n) is 4.16. The van der Waals surface area contributed by atoms with Crippen molar-refractivity contribution < 1.29 is 4.79 Å². The Morgan fingerprint density at radius 1 is 1.50 bits per heavy atom. The van der Waals surface area contributed by atoms with Crippen molar-refractivity contribution in [3.8, 4) is 0 Å². The summed E-state index contributed by atoms with van der Waals surface area (Å²) in [6, 6.07) is 1.70. The van der Waals surface area contributed by atoms with Crippen LogP contribution in [0.15, 0.2) is 12.3 Å². The van der Waals surface area contributed by atoms with Crippen LogP contribution in [0, 0.1) is 5.92 Å². The van der Waals surface area contributed by atoms with Crippen LogP contribution in [0.25, 0.3) is 0 Å². The molecule has 0 spiro atoms. The third kappa shape index (κ3) is 3.02. The van der Waals surface area contributed by atoms with Gasteiger partial charge in [0.05, 0.1) is 5.69 Å². The highest BCUT2D eigenvalue weighted by Crippen LogP contribution is 2.09. The van der Waals surface area contributed by atoms with Gasteiger partial charge in [-0.2, -0.15) is 0 Å². The first-order chi connectivity index (χ1) is 7.58. The van der Waals surface area contributed by atoms with E-state index in [2.05, 4.69) is 19.2 Å². The lowest BCUT2D eigenvalue weighted by Crippen LogP contribution is -2.30. The molecule has 0 atom stereocenters. The van der Waals surface area contributed by atoms with E-state index in [-0.39, 0.29) is 5.91 Å². The van der Waals surface area contributed by atoms with Gasteiger partial charge >= 0.3 is 0 Å². The zero-order chi connectivity index (χ0) is 12.1. The summed E-state index contributed by atoms with van der Waals surface area (Å²) in [6.07, 6.45) is 3.92. The van der Waals surface area contributed by atoms with Crippen molar-refractivity contribution in [2.24, 2.45) is 13.0 Å². The molecule has 4 heteroatoms. The minimum absolute atomic E-state index is 0.0499. The summed E-state index contributed by atoms with van der Waals surface area (Å²) in [4.78, 5) is 11.8. The predicted molar refractivity (Wildman–Crippen MR) is 66.2 cm³/mol. The van der Waals surface area contributed by atoms with Crippen molar-refractivity contribution in [2.45, 2.75) is 26.7 Å². The summed E-state index contributed by atoms with van der Waals surface area (Å²) in [5.74, 6) is 0.507. The molecule has 0 bridgehead atoms. The smallest absolute Gasteiger partial charge is 0.267 e. The van der Waals surface area contributed by atoms with Crippen molar-refractivity contribution in [3.05, 3.63) is 18.0 Å². The third-order valence-electron chi connectivity index (χ3n) is 2.96.